The minimum Gasteiger partial charge on any atom is -0.355 e. The first-order valence-corrected chi connectivity index (χ1v) is 8.95. The number of nitrogens with one attached hydrogen (secondary N) is 2. The molecule has 0 aromatic carbocycles. The molecule has 1 saturated heterocycles. The fraction of sp³-hybridized carbons (Fsp3) is 0.933. The number of rotatable bonds is 5. The van der Waals surface area contributed by atoms with Crippen LogP contribution < -0.4 is 10.6 Å². The van der Waals surface area contributed by atoms with E-state index in [4.69, 9.17) is 0 Å². The Morgan fingerprint density at radius 1 is 1.24 bits per heavy atom. The van der Waals surface area contributed by atoms with Crippen LogP contribution in [0.5, 0.6) is 0 Å². The zero-order valence-corrected chi connectivity index (χ0v) is 16.8. The van der Waals surface area contributed by atoms with Crippen LogP contribution >= 0.6 is 35.7 Å². The molecule has 1 unspecified atom stereocenters. The van der Waals surface area contributed by atoms with E-state index in [1.807, 2.05) is 7.05 Å². The van der Waals surface area contributed by atoms with Gasteiger partial charge in [-0.3, -0.25) is 4.99 Å². The van der Waals surface area contributed by atoms with E-state index < -0.39 is 0 Å². The minimum absolute atomic E-state index is 0. The largest absolute Gasteiger partial charge is 0.355 e. The van der Waals surface area contributed by atoms with Crippen molar-refractivity contribution in [2.24, 2.45) is 4.99 Å². The first-order valence-electron chi connectivity index (χ1n) is 7.90. The highest BCUT2D eigenvalue weighted by Gasteiger charge is 2.35. The second kappa shape index (κ2) is 9.45. The molecule has 1 atom stereocenters. The van der Waals surface area contributed by atoms with Crippen LogP contribution in [0.4, 0.5) is 0 Å². The van der Waals surface area contributed by atoms with Gasteiger partial charge < -0.3 is 15.5 Å². The molecule has 124 valence electrons. The second-order valence-corrected chi connectivity index (χ2v) is 7.68. The maximum absolute atomic E-state index is 4.37. The quantitative estimate of drug-likeness (QED) is 0.403. The fourth-order valence-corrected chi connectivity index (χ4v) is 4.50. The maximum Gasteiger partial charge on any atom is 0.191 e. The SMILES string of the molecule is CN=C(NCC1CCCS1)NCC1(N(C)C)CCCC1.I. The van der Waals surface area contributed by atoms with E-state index in [1.165, 1.54) is 44.3 Å². The maximum atomic E-state index is 4.37. The summed E-state index contributed by atoms with van der Waals surface area (Å²) in [7, 11) is 6.28. The number of thioether (sulfide) groups is 1. The smallest absolute Gasteiger partial charge is 0.191 e. The molecular weight excluding hydrogens is 395 g/mol. The monoisotopic (exact) mass is 426 g/mol. The first-order chi connectivity index (χ1) is 9.66. The number of guanidine groups is 1. The van der Waals surface area contributed by atoms with Crippen molar-refractivity contribution >= 4 is 41.7 Å². The van der Waals surface area contributed by atoms with Crippen molar-refractivity contribution in [2.75, 3.05) is 40.0 Å². The van der Waals surface area contributed by atoms with Crippen LogP contribution in [0.2, 0.25) is 0 Å². The highest BCUT2D eigenvalue weighted by atomic mass is 127. The van der Waals surface area contributed by atoms with E-state index >= 15 is 0 Å². The Morgan fingerprint density at radius 2 is 1.95 bits per heavy atom. The molecule has 1 heterocycles. The molecule has 0 radical (unpaired) electrons. The molecule has 2 fully saturated rings. The molecule has 21 heavy (non-hydrogen) atoms. The Morgan fingerprint density at radius 3 is 2.48 bits per heavy atom. The lowest BCUT2D eigenvalue weighted by Crippen LogP contribution is -2.53. The lowest BCUT2D eigenvalue weighted by molar-refractivity contribution is 0.160. The van der Waals surface area contributed by atoms with Crippen molar-refractivity contribution in [3.05, 3.63) is 0 Å². The van der Waals surface area contributed by atoms with E-state index in [-0.39, 0.29) is 24.0 Å². The van der Waals surface area contributed by atoms with Crippen molar-refractivity contribution in [3.8, 4) is 0 Å². The summed E-state index contributed by atoms with van der Waals surface area (Å²) in [4.78, 5) is 6.76. The fourth-order valence-electron chi connectivity index (χ4n) is 3.30. The lowest BCUT2D eigenvalue weighted by Gasteiger charge is -2.37. The molecule has 1 aliphatic carbocycles. The van der Waals surface area contributed by atoms with E-state index in [2.05, 4.69) is 46.4 Å². The van der Waals surface area contributed by atoms with Gasteiger partial charge in [0.2, 0.25) is 0 Å². The van der Waals surface area contributed by atoms with Gasteiger partial charge in [0.15, 0.2) is 5.96 Å². The number of aliphatic imine (C=N–C) groups is 1. The third kappa shape index (κ3) is 5.46. The summed E-state index contributed by atoms with van der Waals surface area (Å²) in [6, 6.07) is 0. The molecule has 1 aliphatic heterocycles. The Balaban J connectivity index is 0.00000220. The van der Waals surface area contributed by atoms with Gasteiger partial charge in [0.25, 0.3) is 0 Å². The lowest BCUT2D eigenvalue weighted by atomic mass is 9.96. The molecule has 0 spiro atoms. The van der Waals surface area contributed by atoms with Crippen molar-refractivity contribution in [3.63, 3.8) is 0 Å². The van der Waals surface area contributed by atoms with Gasteiger partial charge in [0.05, 0.1) is 0 Å². The molecule has 6 heteroatoms. The van der Waals surface area contributed by atoms with E-state index in [0.717, 1.165) is 24.3 Å². The van der Waals surface area contributed by atoms with Crippen molar-refractivity contribution in [1.29, 1.82) is 0 Å². The number of halogens is 1. The number of hydrogen-bond donors (Lipinski definition) is 2. The Bertz CT molecular complexity index is 324. The zero-order chi connectivity index (χ0) is 14.4. The highest BCUT2D eigenvalue weighted by Crippen LogP contribution is 2.33. The molecule has 2 N–H and O–H groups in total. The Hall–Kier alpha value is 0.310. The van der Waals surface area contributed by atoms with Crippen LogP contribution in [0.1, 0.15) is 38.5 Å². The molecule has 2 aliphatic rings. The van der Waals surface area contributed by atoms with Crippen molar-refractivity contribution in [2.45, 2.75) is 49.3 Å². The van der Waals surface area contributed by atoms with Gasteiger partial charge in [0, 0.05) is 30.9 Å². The van der Waals surface area contributed by atoms with E-state index in [9.17, 15) is 0 Å². The highest BCUT2D eigenvalue weighted by molar-refractivity contribution is 14.0. The molecule has 2 rings (SSSR count). The van der Waals surface area contributed by atoms with Gasteiger partial charge >= 0.3 is 0 Å². The summed E-state index contributed by atoms with van der Waals surface area (Å²) in [6.07, 6.45) is 8.00. The number of hydrogen-bond acceptors (Lipinski definition) is 3. The van der Waals surface area contributed by atoms with Crippen LogP contribution in [0, 0.1) is 0 Å². The predicted molar refractivity (Wildman–Crippen MR) is 105 cm³/mol. The Labute approximate surface area is 151 Å². The molecule has 4 nitrogen and oxygen atoms in total. The summed E-state index contributed by atoms with van der Waals surface area (Å²) in [5.41, 5.74) is 0.319. The predicted octanol–water partition coefficient (Wildman–Crippen LogP) is 2.54. The van der Waals surface area contributed by atoms with Crippen molar-refractivity contribution < 1.29 is 0 Å². The van der Waals surface area contributed by atoms with Gasteiger partial charge in [-0.25, -0.2) is 0 Å². The standard InChI is InChI=1S/C15H30N4S.HI/c1-16-14(17-11-13-7-6-10-20-13)18-12-15(19(2)3)8-4-5-9-15;/h13H,4-12H2,1-3H3,(H2,16,17,18);1H. The average Bonchev–Trinajstić information content (AvgIpc) is 3.10. The second-order valence-electron chi connectivity index (χ2n) is 6.27. The van der Waals surface area contributed by atoms with Gasteiger partial charge in [-0.2, -0.15) is 11.8 Å². The summed E-state index contributed by atoms with van der Waals surface area (Å²) in [5, 5.41) is 7.80. The molecule has 0 aromatic rings. The Kier molecular flexibility index (Phi) is 8.71. The third-order valence-corrected chi connectivity index (χ3v) is 6.21. The molecular formula is C15H31IN4S. The summed E-state index contributed by atoms with van der Waals surface area (Å²) >= 11 is 2.09. The third-order valence-electron chi connectivity index (χ3n) is 4.81. The van der Waals surface area contributed by atoms with Gasteiger partial charge in [-0.15, -0.1) is 24.0 Å². The summed E-state index contributed by atoms with van der Waals surface area (Å²) < 4.78 is 0. The summed E-state index contributed by atoms with van der Waals surface area (Å²) in [6.45, 7) is 2.04. The van der Waals surface area contributed by atoms with Crippen LogP contribution in [0.15, 0.2) is 4.99 Å². The van der Waals surface area contributed by atoms with Gasteiger partial charge in [0.1, 0.15) is 0 Å². The van der Waals surface area contributed by atoms with Crippen molar-refractivity contribution in [1.82, 2.24) is 15.5 Å². The number of likely N-dealkylation sites (N-methyl/N-ethyl adjacent to an activating group) is 1. The summed E-state index contributed by atoms with van der Waals surface area (Å²) in [5.74, 6) is 2.29. The molecule has 0 aromatic heterocycles. The first kappa shape index (κ1) is 19.4. The van der Waals surface area contributed by atoms with Crippen LogP contribution in [-0.4, -0.2) is 61.6 Å². The minimum atomic E-state index is 0. The average molecular weight is 426 g/mol. The normalized spacial score (nSPS) is 25.0. The van der Waals surface area contributed by atoms with E-state index in [1.54, 1.807) is 0 Å². The van der Waals surface area contributed by atoms with Crippen LogP contribution in [0.25, 0.3) is 0 Å². The zero-order valence-electron chi connectivity index (χ0n) is 13.7. The molecule has 1 saturated carbocycles. The number of nitrogens with zero attached hydrogens (tertiary/aromatic N) is 2. The van der Waals surface area contributed by atoms with Gasteiger partial charge in [-0.1, -0.05) is 12.8 Å². The molecule has 0 amide bonds. The van der Waals surface area contributed by atoms with E-state index in [0.29, 0.717) is 5.54 Å². The van der Waals surface area contributed by atoms with Gasteiger partial charge in [-0.05, 0) is 45.5 Å². The van der Waals surface area contributed by atoms with Crippen LogP contribution in [0.3, 0.4) is 0 Å². The topological polar surface area (TPSA) is 39.7 Å². The van der Waals surface area contributed by atoms with Crippen LogP contribution in [-0.2, 0) is 0 Å². The molecule has 0 bridgehead atoms.